The third kappa shape index (κ3) is 3.32. The SMILES string of the molecule is N#Cc1ccc(COc2cccc(OC3CNC3)n2)c(F)c1. The number of benzene rings is 1. The van der Waals surface area contributed by atoms with Crippen molar-refractivity contribution < 1.29 is 13.9 Å². The van der Waals surface area contributed by atoms with E-state index in [1.54, 1.807) is 24.3 Å². The van der Waals surface area contributed by atoms with Crippen molar-refractivity contribution in [2.24, 2.45) is 0 Å². The number of ether oxygens (including phenoxy) is 2. The first kappa shape index (κ1) is 14.3. The Bertz CT molecular complexity index is 711. The van der Waals surface area contributed by atoms with Gasteiger partial charge in [0.05, 0.1) is 11.6 Å². The fraction of sp³-hybridized carbons (Fsp3) is 0.250. The van der Waals surface area contributed by atoms with Crippen molar-refractivity contribution in [2.45, 2.75) is 12.7 Å². The molecule has 1 fully saturated rings. The summed E-state index contributed by atoms with van der Waals surface area (Å²) in [6.45, 7) is 1.66. The summed E-state index contributed by atoms with van der Waals surface area (Å²) < 4.78 is 24.9. The van der Waals surface area contributed by atoms with Crippen molar-refractivity contribution in [3.05, 3.63) is 53.3 Å². The summed E-state index contributed by atoms with van der Waals surface area (Å²) in [5, 5.41) is 11.8. The van der Waals surface area contributed by atoms with Crippen molar-refractivity contribution in [2.75, 3.05) is 13.1 Å². The molecule has 0 aliphatic carbocycles. The van der Waals surface area contributed by atoms with Gasteiger partial charge in [0.2, 0.25) is 11.8 Å². The molecule has 0 radical (unpaired) electrons. The fourth-order valence-corrected chi connectivity index (χ4v) is 1.94. The topological polar surface area (TPSA) is 67.2 Å². The molecule has 2 aromatic rings. The van der Waals surface area contributed by atoms with Crippen LogP contribution in [0.15, 0.2) is 36.4 Å². The second kappa shape index (κ2) is 6.41. The lowest BCUT2D eigenvalue weighted by Gasteiger charge is -2.27. The van der Waals surface area contributed by atoms with Gasteiger partial charge in [0.15, 0.2) is 0 Å². The first-order valence-electron chi connectivity index (χ1n) is 6.90. The van der Waals surface area contributed by atoms with Crippen LogP contribution >= 0.6 is 0 Å². The summed E-state index contributed by atoms with van der Waals surface area (Å²) in [5.41, 5.74) is 0.652. The lowest BCUT2D eigenvalue weighted by atomic mass is 10.1. The molecule has 5 nitrogen and oxygen atoms in total. The van der Waals surface area contributed by atoms with Crippen molar-refractivity contribution in [1.82, 2.24) is 10.3 Å². The van der Waals surface area contributed by atoms with E-state index in [9.17, 15) is 4.39 Å². The summed E-state index contributed by atoms with van der Waals surface area (Å²) in [6.07, 6.45) is 0.138. The molecule has 1 aliphatic rings. The minimum Gasteiger partial charge on any atom is -0.473 e. The highest BCUT2D eigenvalue weighted by Gasteiger charge is 2.18. The van der Waals surface area contributed by atoms with Gasteiger partial charge < -0.3 is 14.8 Å². The largest absolute Gasteiger partial charge is 0.473 e. The number of pyridine rings is 1. The third-order valence-electron chi connectivity index (χ3n) is 3.29. The highest BCUT2D eigenvalue weighted by Crippen LogP contribution is 2.18. The summed E-state index contributed by atoms with van der Waals surface area (Å²) in [4.78, 5) is 4.23. The Kier molecular flexibility index (Phi) is 4.17. The molecule has 1 saturated heterocycles. The maximum atomic E-state index is 13.8. The average molecular weight is 299 g/mol. The van der Waals surface area contributed by atoms with Gasteiger partial charge in [0, 0.05) is 30.8 Å². The molecule has 0 spiro atoms. The number of rotatable bonds is 5. The number of halogens is 1. The van der Waals surface area contributed by atoms with Crippen LogP contribution in [0, 0.1) is 17.1 Å². The summed E-state index contributed by atoms with van der Waals surface area (Å²) in [7, 11) is 0. The summed E-state index contributed by atoms with van der Waals surface area (Å²) >= 11 is 0. The van der Waals surface area contributed by atoms with Crippen LogP contribution in [0.5, 0.6) is 11.8 Å². The van der Waals surface area contributed by atoms with E-state index in [1.165, 1.54) is 12.1 Å². The monoisotopic (exact) mass is 299 g/mol. The minimum absolute atomic E-state index is 0.0407. The van der Waals surface area contributed by atoms with Gasteiger partial charge in [-0.05, 0) is 12.1 Å². The average Bonchev–Trinajstić information content (AvgIpc) is 2.50. The van der Waals surface area contributed by atoms with Crippen molar-refractivity contribution in [1.29, 1.82) is 5.26 Å². The molecule has 0 bridgehead atoms. The van der Waals surface area contributed by atoms with Crippen LogP contribution in [0.3, 0.4) is 0 Å². The molecule has 1 aliphatic heterocycles. The molecule has 22 heavy (non-hydrogen) atoms. The molecular formula is C16H14FN3O2. The first-order valence-corrected chi connectivity index (χ1v) is 6.90. The summed E-state index contributed by atoms with van der Waals surface area (Å²) in [5.74, 6) is 0.393. The number of aromatic nitrogens is 1. The molecule has 2 heterocycles. The van der Waals surface area contributed by atoms with Gasteiger partial charge in [-0.1, -0.05) is 12.1 Å². The van der Waals surface area contributed by atoms with Crippen LogP contribution < -0.4 is 14.8 Å². The van der Waals surface area contributed by atoms with Gasteiger partial charge in [0.1, 0.15) is 18.5 Å². The van der Waals surface area contributed by atoms with Gasteiger partial charge in [-0.15, -0.1) is 0 Å². The van der Waals surface area contributed by atoms with E-state index in [0.717, 1.165) is 13.1 Å². The zero-order valence-electron chi connectivity index (χ0n) is 11.8. The molecule has 6 heteroatoms. The predicted octanol–water partition coefficient (Wildman–Crippen LogP) is 2.02. The standard InChI is InChI=1S/C16H14FN3O2/c17-14-6-11(7-18)4-5-12(14)10-21-15-2-1-3-16(20-15)22-13-8-19-9-13/h1-6,13,19H,8-10H2. The quantitative estimate of drug-likeness (QED) is 0.915. The van der Waals surface area contributed by atoms with E-state index in [0.29, 0.717) is 17.3 Å². The van der Waals surface area contributed by atoms with Crippen LogP contribution in [-0.2, 0) is 6.61 Å². The molecule has 0 atom stereocenters. The Morgan fingerprint density at radius 2 is 2.09 bits per heavy atom. The molecule has 1 N–H and O–H groups in total. The zero-order valence-corrected chi connectivity index (χ0v) is 11.8. The lowest BCUT2D eigenvalue weighted by Crippen LogP contribution is -2.50. The van der Waals surface area contributed by atoms with Crippen molar-refractivity contribution in [3.63, 3.8) is 0 Å². The molecule has 0 saturated carbocycles. The predicted molar refractivity (Wildman–Crippen MR) is 77.0 cm³/mol. The summed E-state index contributed by atoms with van der Waals surface area (Å²) in [6, 6.07) is 11.4. The van der Waals surface area contributed by atoms with Crippen LogP contribution in [0.1, 0.15) is 11.1 Å². The molecule has 1 aromatic heterocycles. The second-order valence-electron chi connectivity index (χ2n) is 4.92. The highest BCUT2D eigenvalue weighted by molar-refractivity contribution is 5.32. The van der Waals surface area contributed by atoms with Gasteiger partial charge in [-0.25, -0.2) is 4.39 Å². The number of hydrogen-bond donors (Lipinski definition) is 1. The van der Waals surface area contributed by atoms with E-state index in [4.69, 9.17) is 14.7 Å². The molecule has 112 valence electrons. The normalized spacial score (nSPS) is 14.0. The van der Waals surface area contributed by atoms with E-state index < -0.39 is 5.82 Å². The van der Waals surface area contributed by atoms with Gasteiger partial charge in [-0.2, -0.15) is 10.2 Å². The fourth-order valence-electron chi connectivity index (χ4n) is 1.94. The maximum Gasteiger partial charge on any atom is 0.216 e. The minimum atomic E-state index is -0.466. The van der Waals surface area contributed by atoms with Gasteiger partial charge in [-0.3, -0.25) is 0 Å². The number of nitriles is 1. The first-order chi connectivity index (χ1) is 10.7. The molecule has 3 rings (SSSR count). The molecule has 0 unspecified atom stereocenters. The molecule has 1 aromatic carbocycles. The Hall–Kier alpha value is -2.65. The Labute approximate surface area is 127 Å². The third-order valence-corrected chi connectivity index (χ3v) is 3.29. The number of hydrogen-bond acceptors (Lipinski definition) is 5. The van der Waals surface area contributed by atoms with Crippen LogP contribution in [0.2, 0.25) is 0 Å². The van der Waals surface area contributed by atoms with E-state index in [2.05, 4.69) is 10.3 Å². The van der Waals surface area contributed by atoms with Crippen LogP contribution in [-0.4, -0.2) is 24.2 Å². The molecular weight excluding hydrogens is 285 g/mol. The maximum absolute atomic E-state index is 13.8. The van der Waals surface area contributed by atoms with Crippen molar-refractivity contribution in [3.8, 4) is 17.8 Å². The highest BCUT2D eigenvalue weighted by atomic mass is 19.1. The number of nitrogens with zero attached hydrogens (tertiary/aromatic N) is 2. The van der Waals surface area contributed by atoms with E-state index in [1.807, 2.05) is 6.07 Å². The zero-order chi connectivity index (χ0) is 15.4. The lowest BCUT2D eigenvalue weighted by molar-refractivity contribution is 0.134. The Balaban J connectivity index is 1.63. The van der Waals surface area contributed by atoms with Gasteiger partial charge >= 0.3 is 0 Å². The number of nitrogens with one attached hydrogen (secondary N) is 1. The van der Waals surface area contributed by atoms with E-state index in [-0.39, 0.29) is 18.3 Å². The van der Waals surface area contributed by atoms with Crippen LogP contribution in [0.4, 0.5) is 4.39 Å². The van der Waals surface area contributed by atoms with Crippen molar-refractivity contribution >= 4 is 0 Å². The molecule has 0 amide bonds. The smallest absolute Gasteiger partial charge is 0.216 e. The Morgan fingerprint density at radius 3 is 2.77 bits per heavy atom. The van der Waals surface area contributed by atoms with E-state index >= 15 is 0 Å². The Morgan fingerprint density at radius 1 is 1.27 bits per heavy atom. The van der Waals surface area contributed by atoms with Gasteiger partial charge in [0.25, 0.3) is 0 Å². The second-order valence-corrected chi connectivity index (χ2v) is 4.92. The van der Waals surface area contributed by atoms with Crippen LogP contribution in [0.25, 0.3) is 0 Å².